The minimum atomic E-state index is -0.0300. The summed E-state index contributed by atoms with van der Waals surface area (Å²) in [6.45, 7) is 11.0. The van der Waals surface area contributed by atoms with Crippen LogP contribution in [0.4, 0.5) is 0 Å². The molecule has 1 heterocycles. The van der Waals surface area contributed by atoms with Gasteiger partial charge < -0.3 is 0 Å². The van der Waals surface area contributed by atoms with E-state index in [0.29, 0.717) is 6.54 Å². The van der Waals surface area contributed by atoms with Gasteiger partial charge in [-0.1, -0.05) is 51.5 Å². The van der Waals surface area contributed by atoms with Crippen molar-refractivity contribution >= 4 is 11.6 Å². The van der Waals surface area contributed by atoms with Crippen LogP contribution in [0.2, 0.25) is 0 Å². The second kappa shape index (κ2) is 7.73. The first kappa shape index (κ1) is 17.7. The molecule has 1 saturated heterocycles. The van der Waals surface area contributed by atoms with Crippen LogP contribution in [-0.2, 0) is 10.2 Å². The molecule has 1 fully saturated rings. The van der Waals surface area contributed by atoms with Gasteiger partial charge in [-0.2, -0.15) is 5.10 Å². The second-order valence-corrected chi connectivity index (χ2v) is 7.40. The molecule has 23 heavy (non-hydrogen) atoms. The molecule has 1 aromatic carbocycles. The highest BCUT2D eigenvalue weighted by Gasteiger charge is 2.14. The fourth-order valence-electron chi connectivity index (χ4n) is 2.78. The van der Waals surface area contributed by atoms with Crippen molar-refractivity contribution in [2.75, 3.05) is 19.6 Å². The first-order chi connectivity index (χ1) is 10.9. The fourth-order valence-corrected chi connectivity index (χ4v) is 2.78. The Morgan fingerprint density at radius 2 is 1.74 bits per heavy atom. The average Bonchev–Trinajstić information content (AvgIpc) is 2.53. The van der Waals surface area contributed by atoms with Gasteiger partial charge in [0.05, 0.1) is 12.3 Å². The van der Waals surface area contributed by atoms with Crippen LogP contribution >= 0.6 is 0 Å². The smallest absolute Gasteiger partial charge is 0.254 e. The number of carbonyl (C=O) groups excluding carboxylic acids is 1. The maximum Gasteiger partial charge on any atom is 0.254 e. The summed E-state index contributed by atoms with van der Waals surface area (Å²) in [7, 11) is 0. The molecule has 0 saturated carbocycles. The van der Waals surface area contributed by atoms with Crippen LogP contribution in [0.25, 0.3) is 0 Å². The number of hydrogen-bond donors (Lipinski definition) is 1. The lowest BCUT2D eigenvalue weighted by Gasteiger charge is -2.25. The van der Waals surface area contributed by atoms with E-state index in [9.17, 15) is 4.79 Å². The summed E-state index contributed by atoms with van der Waals surface area (Å²) in [6, 6.07) is 8.39. The number of amides is 1. The van der Waals surface area contributed by atoms with Crippen LogP contribution in [-0.4, -0.2) is 36.2 Å². The monoisotopic (exact) mass is 315 g/mol. The molecule has 0 spiro atoms. The maximum atomic E-state index is 12.0. The van der Waals surface area contributed by atoms with E-state index in [4.69, 9.17) is 0 Å². The molecule has 126 valence electrons. The second-order valence-electron chi connectivity index (χ2n) is 7.40. The van der Waals surface area contributed by atoms with E-state index < -0.39 is 0 Å². The van der Waals surface area contributed by atoms with E-state index in [1.54, 1.807) is 0 Å². The third-order valence-corrected chi connectivity index (χ3v) is 4.33. The van der Waals surface area contributed by atoms with Crippen LogP contribution in [0.5, 0.6) is 0 Å². The van der Waals surface area contributed by atoms with Gasteiger partial charge in [-0.3, -0.25) is 9.69 Å². The first-order valence-electron chi connectivity index (χ1n) is 8.52. The minimum absolute atomic E-state index is 0.0300. The Balaban J connectivity index is 1.90. The Labute approximate surface area is 140 Å². The first-order valence-corrected chi connectivity index (χ1v) is 8.52. The third-order valence-electron chi connectivity index (χ3n) is 4.33. The normalized spacial score (nSPS) is 17.1. The van der Waals surface area contributed by atoms with E-state index in [0.717, 1.165) is 24.4 Å². The van der Waals surface area contributed by atoms with E-state index >= 15 is 0 Å². The van der Waals surface area contributed by atoms with E-state index in [2.05, 4.69) is 60.5 Å². The molecule has 1 aromatic rings. The number of nitrogens with one attached hydrogen (secondary N) is 1. The van der Waals surface area contributed by atoms with Gasteiger partial charge in [0, 0.05) is 0 Å². The van der Waals surface area contributed by atoms with E-state index in [1.807, 2.05) is 6.92 Å². The zero-order valence-electron chi connectivity index (χ0n) is 14.9. The molecule has 0 atom stereocenters. The number of rotatable bonds is 4. The quantitative estimate of drug-likeness (QED) is 0.684. The number of nitrogens with zero attached hydrogens (tertiary/aromatic N) is 2. The van der Waals surface area contributed by atoms with Crippen molar-refractivity contribution in [3.8, 4) is 0 Å². The summed E-state index contributed by atoms with van der Waals surface area (Å²) in [5, 5.41) is 4.24. The maximum absolute atomic E-state index is 12.0. The molecule has 2 rings (SSSR count). The predicted molar refractivity (Wildman–Crippen MR) is 95.8 cm³/mol. The minimum Gasteiger partial charge on any atom is -0.294 e. The summed E-state index contributed by atoms with van der Waals surface area (Å²) in [5.74, 6) is -0.0300. The van der Waals surface area contributed by atoms with Gasteiger partial charge in [-0.05, 0) is 49.4 Å². The van der Waals surface area contributed by atoms with Crippen molar-refractivity contribution in [2.24, 2.45) is 5.10 Å². The predicted octanol–water partition coefficient (Wildman–Crippen LogP) is 3.31. The van der Waals surface area contributed by atoms with E-state index in [-0.39, 0.29) is 11.3 Å². The van der Waals surface area contributed by atoms with Crippen molar-refractivity contribution in [1.29, 1.82) is 0 Å². The summed E-state index contributed by atoms with van der Waals surface area (Å²) in [5.41, 5.74) is 5.99. The molecule has 1 amide bonds. The van der Waals surface area contributed by atoms with Crippen LogP contribution in [0.3, 0.4) is 0 Å². The summed E-state index contributed by atoms with van der Waals surface area (Å²) in [4.78, 5) is 14.2. The number of piperidine rings is 1. The van der Waals surface area contributed by atoms with Crippen LogP contribution in [0, 0.1) is 0 Å². The zero-order chi connectivity index (χ0) is 16.9. The summed E-state index contributed by atoms with van der Waals surface area (Å²) in [6.07, 6.45) is 3.66. The highest BCUT2D eigenvalue weighted by atomic mass is 16.2. The van der Waals surface area contributed by atoms with Crippen LogP contribution in [0.1, 0.15) is 58.1 Å². The van der Waals surface area contributed by atoms with Crippen molar-refractivity contribution in [3.05, 3.63) is 35.4 Å². The lowest BCUT2D eigenvalue weighted by atomic mass is 9.86. The van der Waals surface area contributed by atoms with Gasteiger partial charge in [0.2, 0.25) is 0 Å². The van der Waals surface area contributed by atoms with Crippen LogP contribution in [0.15, 0.2) is 29.4 Å². The molecule has 1 N–H and O–H groups in total. The Hall–Kier alpha value is -1.68. The van der Waals surface area contributed by atoms with Gasteiger partial charge in [-0.15, -0.1) is 0 Å². The highest BCUT2D eigenvalue weighted by molar-refractivity contribution is 5.99. The number of hydrazone groups is 1. The molecule has 0 aromatic heterocycles. The number of hydrogen-bond acceptors (Lipinski definition) is 3. The van der Waals surface area contributed by atoms with Gasteiger partial charge in [0.1, 0.15) is 0 Å². The van der Waals surface area contributed by atoms with Crippen molar-refractivity contribution in [3.63, 3.8) is 0 Å². The van der Waals surface area contributed by atoms with Gasteiger partial charge >= 0.3 is 0 Å². The molecule has 0 unspecified atom stereocenters. The van der Waals surface area contributed by atoms with Crippen molar-refractivity contribution in [2.45, 2.75) is 52.4 Å². The highest BCUT2D eigenvalue weighted by Crippen LogP contribution is 2.22. The Bertz CT molecular complexity index is 549. The average molecular weight is 315 g/mol. The SMILES string of the molecule is CC(=NNC(=O)CN1CCCCC1)c1ccc(C(C)(C)C)cc1. The Kier molecular flexibility index (Phi) is 5.94. The molecule has 1 aliphatic rings. The lowest BCUT2D eigenvalue weighted by Crippen LogP contribution is -2.38. The van der Waals surface area contributed by atoms with Gasteiger partial charge in [0.15, 0.2) is 0 Å². The largest absolute Gasteiger partial charge is 0.294 e. The van der Waals surface area contributed by atoms with E-state index in [1.165, 1.54) is 24.8 Å². The lowest BCUT2D eigenvalue weighted by molar-refractivity contribution is -0.122. The number of benzene rings is 1. The summed E-state index contributed by atoms with van der Waals surface area (Å²) >= 11 is 0. The molecule has 0 aliphatic carbocycles. The topological polar surface area (TPSA) is 44.7 Å². The van der Waals surface area contributed by atoms with Crippen LogP contribution < -0.4 is 5.43 Å². The molecular weight excluding hydrogens is 286 g/mol. The van der Waals surface area contributed by atoms with Gasteiger partial charge in [0.25, 0.3) is 5.91 Å². The molecule has 1 aliphatic heterocycles. The molecule has 4 nitrogen and oxygen atoms in total. The number of carbonyl (C=O) groups is 1. The third kappa shape index (κ3) is 5.47. The fraction of sp³-hybridized carbons (Fsp3) is 0.579. The molecule has 0 radical (unpaired) electrons. The summed E-state index contributed by atoms with van der Waals surface area (Å²) < 4.78 is 0. The number of likely N-dealkylation sites (tertiary alicyclic amines) is 1. The van der Waals surface area contributed by atoms with Crippen molar-refractivity contribution in [1.82, 2.24) is 10.3 Å². The Morgan fingerprint density at radius 3 is 2.30 bits per heavy atom. The standard InChI is InChI=1S/C19H29N3O/c1-15(16-8-10-17(11-9-16)19(2,3)4)20-21-18(23)14-22-12-6-5-7-13-22/h8-11H,5-7,12-14H2,1-4H3,(H,21,23). The van der Waals surface area contributed by atoms with Gasteiger partial charge in [-0.25, -0.2) is 5.43 Å². The van der Waals surface area contributed by atoms with Crippen molar-refractivity contribution < 1.29 is 4.79 Å². The molecule has 0 bridgehead atoms. The zero-order valence-corrected chi connectivity index (χ0v) is 14.9. The molecule has 4 heteroatoms. The molecular formula is C19H29N3O. The Morgan fingerprint density at radius 1 is 1.13 bits per heavy atom.